The normalized spacial score (nSPS) is 20.1. The van der Waals surface area contributed by atoms with Crippen LogP contribution in [0, 0.1) is 17.7 Å². The zero-order valence-corrected chi connectivity index (χ0v) is 10.4. The molecule has 1 fully saturated rings. The number of hydrogen-bond donors (Lipinski definition) is 3. The molecule has 1 aliphatic rings. The number of amides is 2. The summed E-state index contributed by atoms with van der Waals surface area (Å²) < 4.78 is 12.7. The first kappa shape index (κ1) is 14.0. The van der Waals surface area contributed by atoms with Crippen molar-refractivity contribution in [1.82, 2.24) is 5.32 Å². The van der Waals surface area contributed by atoms with Crippen LogP contribution < -0.4 is 10.6 Å². The smallest absolute Gasteiger partial charge is 0.307 e. The van der Waals surface area contributed by atoms with Crippen molar-refractivity contribution < 1.29 is 23.9 Å². The van der Waals surface area contributed by atoms with E-state index in [2.05, 4.69) is 10.6 Å². The summed E-state index contributed by atoms with van der Waals surface area (Å²) in [5.41, 5.74) is 0.417. The fourth-order valence-electron chi connectivity index (χ4n) is 1.79. The van der Waals surface area contributed by atoms with E-state index in [1.807, 2.05) is 0 Å². The maximum atomic E-state index is 12.7. The number of rotatable bonds is 5. The first-order valence-corrected chi connectivity index (χ1v) is 6.03. The lowest BCUT2D eigenvalue weighted by molar-refractivity contribution is -0.140. The fourth-order valence-corrected chi connectivity index (χ4v) is 1.79. The van der Waals surface area contributed by atoms with Gasteiger partial charge in [-0.25, -0.2) is 4.39 Å². The number of carboxylic acid groups (broad SMARTS) is 1. The second kappa shape index (κ2) is 5.68. The van der Waals surface area contributed by atoms with Gasteiger partial charge in [-0.15, -0.1) is 0 Å². The maximum Gasteiger partial charge on any atom is 0.307 e. The first-order chi connectivity index (χ1) is 9.47. The fraction of sp³-hybridized carbons (Fsp3) is 0.308. The Morgan fingerprint density at radius 2 is 1.85 bits per heavy atom. The molecule has 0 heterocycles. The van der Waals surface area contributed by atoms with E-state index in [0.717, 1.165) is 0 Å². The van der Waals surface area contributed by atoms with E-state index >= 15 is 0 Å². The largest absolute Gasteiger partial charge is 0.481 e. The van der Waals surface area contributed by atoms with Crippen molar-refractivity contribution in [1.29, 1.82) is 0 Å². The van der Waals surface area contributed by atoms with Crippen molar-refractivity contribution in [3.05, 3.63) is 30.1 Å². The molecule has 2 atom stereocenters. The van der Waals surface area contributed by atoms with Crippen LogP contribution in [-0.2, 0) is 14.4 Å². The quantitative estimate of drug-likeness (QED) is 0.736. The topological polar surface area (TPSA) is 95.5 Å². The molecule has 7 heteroatoms. The van der Waals surface area contributed by atoms with Crippen molar-refractivity contribution in [2.24, 2.45) is 11.8 Å². The predicted molar refractivity (Wildman–Crippen MR) is 67.3 cm³/mol. The lowest BCUT2D eigenvalue weighted by Gasteiger charge is -2.06. The number of carbonyl (C=O) groups excluding carboxylic acids is 2. The van der Waals surface area contributed by atoms with E-state index in [4.69, 9.17) is 5.11 Å². The van der Waals surface area contributed by atoms with Crippen LogP contribution >= 0.6 is 0 Å². The van der Waals surface area contributed by atoms with Gasteiger partial charge in [-0.2, -0.15) is 0 Å². The van der Waals surface area contributed by atoms with Crippen molar-refractivity contribution in [2.45, 2.75) is 6.42 Å². The molecule has 2 rings (SSSR count). The van der Waals surface area contributed by atoms with Gasteiger partial charge in [-0.05, 0) is 30.7 Å². The van der Waals surface area contributed by atoms with Gasteiger partial charge >= 0.3 is 5.97 Å². The van der Waals surface area contributed by atoms with E-state index in [9.17, 15) is 18.8 Å². The van der Waals surface area contributed by atoms with E-state index in [1.165, 1.54) is 24.3 Å². The molecule has 2 unspecified atom stereocenters. The van der Waals surface area contributed by atoms with E-state index < -0.39 is 35.4 Å². The molecule has 20 heavy (non-hydrogen) atoms. The highest BCUT2D eigenvalue weighted by Crippen LogP contribution is 2.38. The Bertz CT molecular complexity index is 544. The summed E-state index contributed by atoms with van der Waals surface area (Å²) in [5, 5.41) is 13.5. The molecule has 1 aromatic rings. The van der Waals surface area contributed by atoms with Gasteiger partial charge in [0.1, 0.15) is 5.82 Å². The van der Waals surface area contributed by atoms with Gasteiger partial charge in [0.25, 0.3) is 0 Å². The summed E-state index contributed by atoms with van der Waals surface area (Å²) in [5.74, 6) is -3.50. The van der Waals surface area contributed by atoms with Gasteiger partial charge in [-0.3, -0.25) is 14.4 Å². The van der Waals surface area contributed by atoms with Crippen LogP contribution in [0.2, 0.25) is 0 Å². The van der Waals surface area contributed by atoms with Crippen molar-refractivity contribution in [3.8, 4) is 0 Å². The Balaban J connectivity index is 1.74. The molecule has 106 valence electrons. The number of carboxylic acids is 1. The average Bonchev–Trinajstić information content (AvgIpc) is 3.19. The molecule has 0 saturated heterocycles. The third-order valence-corrected chi connectivity index (χ3v) is 3.00. The second-order valence-corrected chi connectivity index (χ2v) is 4.56. The van der Waals surface area contributed by atoms with E-state index in [0.29, 0.717) is 12.1 Å². The van der Waals surface area contributed by atoms with Crippen LogP contribution in [0.15, 0.2) is 24.3 Å². The van der Waals surface area contributed by atoms with Crippen LogP contribution in [0.1, 0.15) is 6.42 Å². The highest BCUT2D eigenvalue weighted by Gasteiger charge is 2.48. The lowest BCUT2D eigenvalue weighted by Crippen LogP contribution is -2.34. The Hall–Kier alpha value is -2.44. The van der Waals surface area contributed by atoms with E-state index in [1.54, 1.807) is 0 Å². The van der Waals surface area contributed by atoms with Crippen molar-refractivity contribution in [2.75, 3.05) is 11.9 Å². The summed E-state index contributed by atoms with van der Waals surface area (Å²) in [7, 11) is 0. The standard InChI is InChI=1S/C13H13FN2O4/c14-7-1-3-8(4-2-7)16-11(17)6-15-12(18)9-5-10(9)13(19)20/h1-4,9-10H,5-6H2,(H,15,18)(H,16,17)(H,19,20). The molecule has 2 amide bonds. The maximum absolute atomic E-state index is 12.7. The third kappa shape index (κ3) is 3.53. The number of hydrogen-bond acceptors (Lipinski definition) is 3. The minimum atomic E-state index is -0.999. The zero-order valence-electron chi connectivity index (χ0n) is 10.4. The highest BCUT2D eigenvalue weighted by molar-refractivity contribution is 5.96. The number of carbonyl (C=O) groups is 3. The van der Waals surface area contributed by atoms with Gasteiger partial charge in [0.05, 0.1) is 18.4 Å². The van der Waals surface area contributed by atoms with Gasteiger partial charge in [0.2, 0.25) is 11.8 Å². The summed E-state index contributed by atoms with van der Waals surface area (Å²) in [6.07, 6.45) is 0.306. The molecule has 0 radical (unpaired) electrons. The Labute approximate surface area is 114 Å². The predicted octanol–water partition coefficient (Wildman–Crippen LogP) is 0.601. The number of anilines is 1. The zero-order chi connectivity index (χ0) is 14.7. The molecule has 6 nitrogen and oxygen atoms in total. The Morgan fingerprint density at radius 1 is 1.20 bits per heavy atom. The van der Waals surface area contributed by atoms with Crippen LogP contribution in [0.5, 0.6) is 0 Å². The number of benzene rings is 1. The van der Waals surface area contributed by atoms with Crippen molar-refractivity contribution >= 4 is 23.5 Å². The molecule has 0 bridgehead atoms. The highest BCUT2D eigenvalue weighted by atomic mass is 19.1. The lowest BCUT2D eigenvalue weighted by atomic mass is 10.3. The number of aliphatic carboxylic acids is 1. The van der Waals surface area contributed by atoms with Gasteiger partial charge < -0.3 is 15.7 Å². The van der Waals surface area contributed by atoms with Crippen LogP contribution in [0.25, 0.3) is 0 Å². The molecular formula is C13H13FN2O4. The number of nitrogens with one attached hydrogen (secondary N) is 2. The van der Waals surface area contributed by atoms with Crippen LogP contribution in [0.4, 0.5) is 10.1 Å². The van der Waals surface area contributed by atoms with Gasteiger partial charge in [-0.1, -0.05) is 0 Å². The number of halogens is 1. The third-order valence-electron chi connectivity index (χ3n) is 3.00. The summed E-state index contributed by atoms with van der Waals surface area (Å²) in [4.78, 5) is 33.6. The van der Waals surface area contributed by atoms with Gasteiger partial charge in [0.15, 0.2) is 0 Å². The first-order valence-electron chi connectivity index (χ1n) is 6.03. The van der Waals surface area contributed by atoms with Gasteiger partial charge in [0, 0.05) is 5.69 Å². The minimum absolute atomic E-state index is 0.251. The summed E-state index contributed by atoms with van der Waals surface area (Å²) >= 11 is 0. The molecule has 1 aromatic carbocycles. The molecule has 0 aliphatic heterocycles. The van der Waals surface area contributed by atoms with Crippen molar-refractivity contribution in [3.63, 3.8) is 0 Å². The molecule has 1 aliphatic carbocycles. The average molecular weight is 280 g/mol. The van der Waals surface area contributed by atoms with Crippen LogP contribution in [-0.4, -0.2) is 29.4 Å². The molecule has 3 N–H and O–H groups in total. The molecular weight excluding hydrogens is 267 g/mol. The molecule has 1 saturated carbocycles. The van der Waals surface area contributed by atoms with E-state index in [-0.39, 0.29) is 6.54 Å². The summed E-state index contributed by atoms with van der Waals surface area (Å²) in [6.45, 7) is -0.251. The summed E-state index contributed by atoms with van der Waals surface area (Å²) in [6, 6.07) is 5.21. The Morgan fingerprint density at radius 3 is 2.40 bits per heavy atom. The second-order valence-electron chi connectivity index (χ2n) is 4.56. The van der Waals surface area contributed by atoms with Crippen LogP contribution in [0.3, 0.4) is 0 Å². The minimum Gasteiger partial charge on any atom is -0.481 e. The monoisotopic (exact) mass is 280 g/mol. The molecule has 0 spiro atoms. The Kier molecular flexibility index (Phi) is 3.97. The molecule has 0 aromatic heterocycles. The SMILES string of the molecule is O=C(CNC(=O)C1CC1C(=O)O)Nc1ccc(F)cc1.